The molecule has 0 N–H and O–H groups in total. The van der Waals surface area contributed by atoms with E-state index in [4.69, 9.17) is 13.8 Å². The van der Waals surface area contributed by atoms with E-state index in [1.165, 1.54) is 11.1 Å². The molecule has 0 amide bonds. The van der Waals surface area contributed by atoms with Crippen molar-refractivity contribution in [3.05, 3.63) is 90.0 Å². The van der Waals surface area contributed by atoms with Crippen molar-refractivity contribution < 1.29 is 18.3 Å². The summed E-state index contributed by atoms with van der Waals surface area (Å²) in [5.41, 5.74) is 2.49. The van der Waals surface area contributed by atoms with Crippen LogP contribution in [0.3, 0.4) is 0 Å². The van der Waals surface area contributed by atoms with Crippen LogP contribution in [0.4, 0.5) is 0 Å². The molecule has 4 nitrogen and oxygen atoms in total. The van der Waals surface area contributed by atoms with Gasteiger partial charge in [0.05, 0.1) is 18.9 Å². The predicted molar refractivity (Wildman–Crippen MR) is 135 cm³/mol. The van der Waals surface area contributed by atoms with Crippen molar-refractivity contribution in [1.29, 1.82) is 0 Å². The number of hydrogen-bond acceptors (Lipinski definition) is 4. The molecule has 0 saturated heterocycles. The van der Waals surface area contributed by atoms with Crippen LogP contribution < -0.4 is 0 Å². The topological polar surface area (TPSA) is 44.8 Å². The van der Waals surface area contributed by atoms with Gasteiger partial charge >= 0.3 is 7.60 Å². The van der Waals surface area contributed by atoms with E-state index in [2.05, 4.69) is 72.8 Å². The van der Waals surface area contributed by atoms with Gasteiger partial charge in [-0.05, 0) is 63.5 Å². The lowest BCUT2D eigenvalue weighted by molar-refractivity contribution is 0.167. The Labute approximate surface area is 199 Å². The highest BCUT2D eigenvalue weighted by Gasteiger charge is 2.54. The summed E-state index contributed by atoms with van der Waals surface area (Å²) in [5.74, 6) is 0.489. The molecule has 0 aromatic heterocycles. The molecule has 179 valence electrons. The van der Waals surface area contributed by atoms with Crippen LogP contribution in [-0.4, -0.2) is 26.0 Å². The van der Waals surface area contributed by atoms with Gasteiger partial charge < -0.3 is 13.8 Å². The van der Waals surface area contributed by atoms with Crippen LogP contribution in [0, 0.1) is 12.0 Å². The highest BCUT2D eigenvalue weighted by atomic mass is 31.2. The molecule has 1 radical (unpaired) electrons. The molecule has 1 fully saturated rings. The number of benzene rings is 2. The minimum Gasteiger partial charge on any atom is -0.375 e. The first-order chi connectivity index (χ1) is 16.0. The van der Waals surface area contributed by atoms with Crippen LogP contribution >= 0.6 is 7.60 Å². The maximum atomic E-state index is 13.3. The number of ether oxygens (including phenoxy) is 1. The molecule has 2 atom stereocenters. The van der Waals surface area contributed by atoms with Crippen LogP contribution in [0.2, 0.25) is 0 Å². The number of hydrogen-bond donors (Lipinski definition) is 0. The van der Waals surface area contributed by atoms with E-state index >= 15 is 0 Å². The molecule has 0 bridgehead atoms. The molecule has 1 aliphatic rings. The van der Waals surface area contributed by atoms with Gasteiger partial charge in [0.1, 0.15) is 6.10 Å². The predicted octanol–water partition coefficient (Wildman–Crippen LogP) is 7.55. The Kier molecular flexibility index (Phi) is 9.52. The molecule has 5 heteroatoms. The summed E-state index contributed by atoms with van der Waals surface area (Å²) in [7, 11) is -1.63. The van der Waals surface area contributed by atoms with E-state index in [1.54, 1.807) is 7.11 Å². The number of methoxy groups -OCH3 is 1. The first-order valence-electron chi connectivity index (χ1n) is 12.1. The lowest BCUT2D eigenvalue weighted by Crippen LogP contribution is -2.21. The second kappa shape index (κ2) is 12.1. The molecule has 33 heavy (non-hydrogen) atoms. The Hall–Kier alpha value is -1.71. The lowest BCUT2D eigenvalue weighted by Gasteiger charge is -2.29. The van der Waals surface area contributed by atoms with Crippen LogP contribution in [0.1, 0.15) is 57.6 Å². The SMILES string of the molecule is CCOP(=O)(OCC)C(CCC/C=C/C1CC1(c1ccccc1)c1ccccc1)[C](C)OC. The minimum absolute atomic E-state index is 0.0710. The number of allylic oxidation sites excluding steroid dienone is 2. The van der Waals surface area contributed by atoms with E-state index in [0.717, 1.165) is 19.3 Å². The van der Waals surface area contributed by atoms with Gasteiger partial charge in [0.25, 0.3) is 0 Å². The highest BCUT2D eigenvalue weighted by molar-refractivity contribution is 7.54. The standard InChI is InChI=1S/C28H38O4P/c1-5-31-33(29,32-6-2)27(23(3)30-4)21-15-9-14-20-26-22-28(26,24-16-10-7-11-17-24)25-18-12-8-13-19-25/h7-8,10-14,16-20,26-27H,5-6,9,15,21-22H2,1-4H3/b20-14+. The first-order valence-corrected chi connectivity index (χ1v) is 13.7. The van der Waals surface area contributed by atoms with Gasteiger partial charge in [0, 0.05) is 12.5 Å². The van der Waals surface area contributed by atoms with Crippen molar-refractivity contribution in [1.82, 2.24) is 0 Å². The molecule has 2 aromatic carbocycles. The smallest absolute Gasteiger partial charge is 0.336 e. The quantitative estimate of drug-likeness (QED) is 0.163. The van der Waals surface area contributed by atoms with Gasteiger partial charge in [-0.2, -0.15) is 0 Å². The fourth-order valence-corrected chi connectivity index (χ4v) is 7.01. The van der Waals surface area contributed by atoms with Crippen molar-refractivity contribution in [2.45, 2.75) is 57.5 Å². The molecule has 0 aliphatic heterocycles. The molecule has 1 saturated carbocycles. The fraction of sp³-hybridized carbons (Fsp3) is 0.464. The Morgan fingerprint density at radius 2 is 1.58 bits per heavy atom. The maximum absolute atomic E-state index is 13.3. The summed E-state index contributed by atoms with van der Waals surface area (Å²) < 4.78 is 30.0. The fourth-order valence-electron chi connectivity index (χ4n) is 4.81. The summed E-state index contributed by atoms with van der Waals surface area (Å²) in [5, 5.41) is 0. The minimum atomic E-state index is -3.24. The van der Waals surface area contributed by atoms with Gasteiger partial charge in [-0.3, -0.25) is 4.57 Å². The Morgan fingerprint density at radius 1 is 1.03 bits per heavy atom. The Bertz CT molecular complexity index is 863. The zero-order chi connectivity index (χ0) is 23.7. The Morgan fingerprint density at radius 3 is 2.06 bits per heavy atom. The highest BCUT2D eigenvalue weighted by Crippen LogP contribution is 2.60. The zero-order valence-electron chi connectivity index (χ0n) is 20.4. The van der Waals surface area contributed by atoms with Gasteiger partial charge in [0.2, 0.25) is 0 Å². The monoisotopic (exact) mass is 469 g/mol. The van der Waals surface area contributed by atoms with Crippen LogP contribution in [0.25, 0.3) is 0 Å². The summed E-state index contributed by atoms with van der Waals surface area (Å²) in [6, 6.07) is 21.6. The molecule has 0 heterocycles. The molecular weight excluding hydrogens is 431 g/mol. The zero-order valence-corrected chi connectivity index (χ0v) is 21.3. The van der Waals surface area contributed by atoms with Gasteiger partial charge in [-0.25, -0.2) is 0 Å². The summed E-state index contributed by atoms with van der Waals surface area (Å²) in [4.78, 5) is 0. The van der Waals surface area contributed by atoms with Crippen molar-refractivity contribution in [2.75, 3.05) is 20.3 Å². The Balaban J connectivity index is 1.64. The maximum Gasteiger partial charge on any atom is 0.336 e. The van der Waals surface area contributed by atoms with Crippen LogP contribution in [-0.2, 0) is 23.8 Å². The third-order valence-corrected chi connectivity index (χ3v) is 9.22. The molecule has 1 aliphatic carbocycles. The average molecular weight is 470 g/mol. The molecule has 2 unspecified atom stereocenters. The van der Waals surface area contributed by atoms with Crippen molar-refractivity contribution >= 4 is 7.60 Å². The molecule has 0 spiro atoms. The number of unbranched alkanes of at least 4 members (excludes halogenated alkanes) is 1. The first kappa shape index (κ1) is 25.9. The van der Waals surface area contributed by atoms with E-state index < -0.39 is 7.60 Å². The summed E-state index contributed by atoms with van der Waals surface area (Å²) in [6.45, 7) is 6.26. The second-order valence-corrected chi connectivity index (χ2v) is 10.8. The van der Waals surface area contributed by atoms with E-state index in [9.17, 15) is 4.57 Å². The third kappa shape index (κ3) is 6.05. The van der Waals surface area contributed by atoms with E-state index in [-0.39, 0.29) is 11.1 Å². The molecule has 3 rings (SSSR count). The molecular formula is C28H38O4P. The summed E-state index contributed by atoms with van der Waals surface area (Å²) in [6.07, 6.45) is 8.99. The van der Waals surface area contributed by atoms with Gasteiger partial charge in [-0.15, -0.1) is 0 Å². The third-order valence-electron chi connectivity index (χ3n) is 6.60. The average Bonchev–Trinajstić information content (AvgIpc) is 3.57. The van der Waals surface area contributed by atoms with Gasteiger partial charge in [-0.1, -0.05) is 72.8 Å². The normalized spacial score (nSPS) is 18.6. The van der Waals surface area contributed by atoms with Gasteiger partial charge in [0.15, 0.2) is 0 Å². The number of rotatable bonds is 14. The van der Waals surface area contributed by atoms with Crippen molar-refractivity contribution in [3.63, 3.8) is 0 Å². The van der Waals surface area contributed by atoms with Crippen molar-refractivity contribution in [2.24, 2.45) is 5.92 Å². The second-order valence-electron chi connectivity index (χ2n) is 8.58. The van der Waals surface area contributed by atoms with Crippen LogP contribution in [0.15, 0.2) is 72.8 Å². The summed E-state index contributed by atoms with van der Waals surface area (Å²) >= 11 is 0. The lowest BCUT2D eigenvalue weighted by atomic mass is 9.85. The van der Waals surface area contributed by atoms with Crippen LogP contribution in [0.5, 0.6) is 0 Å². The van der Waals surface area contributed by atoms with E-state index in [0.29, 0.717) is 31.7 Å². The van der Waals surface area contributed by atoms with Crippen molar-refractivity contribution in [3.8, 4) is 0 Å². The largest absolute Gasteiger partial charge is 0.375 e. The van der Waals surface area contributed by atoms with E-state index in [1.807, 2.05) is 20.8 Å². The molecule has 2 aromatic rings.